The molecule has 0 bridgehead atoms. The van der Waals surface area contributed by atoms with E-state index in [1.807, 2.05) is 0 Å². The Kier molecular flexibility index (Phi) is 3.96. The van der Waals surface area contributed by atoms with Crippen LogP contribution in [-0.4, -0.2) is 26.5 Å². The second-order valence-corrected chi connectivity index (χ2v) is 6.21. The summed E-state index contributed by atoms with van der Waals surface area (Å²) in [5, 5.41) is 7.72. The van der Waals surface area contributed by atoms with Crippen molar-refractivity contribution in [3.8, 4) is 5.75 Å². The highest BCUT2D eigenvalue weighted by molar-refractivity contribution is 7.89. The van der Waals surface area contributed by atoms with Crippen LogP contribution in [0.5, 0.6) is 5.75 Å². The molecule has 1 aliphatic carbocycles. The van der Waals surface area contributed by atoms with E-state index < -0.39 is 26.8 Å². The summed E-state index contributed by atoms with van der Waals surface area (Å²) in [5.41, 5.74) is 0. The molecule has 1 aliphatic rings. The first-order chi connectivity index (χ1) is 9.27. The van der Waals surface area contributed by atoms with Crippen molar-refractivity contribution in [2.45, 2.75) is 36.8 Å². The summed E-state index contributed by atoms with van der Waals surface area (Å²) in [6.07, 6.45) is 0.955. The van der Waals surface area contributed by atoms with Gasteiger partial charge in [0.15, 0.2) is 6.10 Å². The molecule has 0 spiro atoms. The van der Waals surface area contributed by atoms with Gasteiger partial charge in [0.05, 0.1) is 0 Å². The highest BCUT2D eigenvalue weighted by Gasteiger charge is 2.27. The van der Waals surface area contributed by atoms with Gasteiger partial charge in [-0.1, -0.05) is 0 Å². The molecule has 0 heterocycles. The van der Waals surface area contributed by atoms with Crippen LogP contribution in [0.3, 0.4) is 0 Å². The third-order valence-corrected chi connectivity index (χ3v) is 3.74. The maximum Gasteiger partial charge on any atom is 0.260 e. The Morgan fingerprint density at radius 2 is 2.15 bits per heavy atom. The third-order valence-electron chi connectivity index (χ3n) is 2.81. The number of nitrogens with one attached hydrogen (secondary N) is 1. The first-order valence-corrected chi connectivity index (χ1v) is 7.61. The van der Waals surface area contributed by atoms with Crippen molar-refractivity contribution < 1.29 is 22.3 Å². The zero-order valence-corrected chi connectivity index (χ0v) is 11.6. The summed E-state index contributed by atoms with van der Waals surface area (Å²) >= 11 is 0. The predicted octanol–water partition coefficient (Wildman–Crippen LogP) is 0.519. The number of rotatable bonds is 5. The number of carbonyl (C=O) groups is 1. The van der Waals surface area contributed by atoms with Crippen LogP contribution in [-0.2, 0) is 14.8 Å². The topological polar surface area (TPSA) is 98.5 Å². The van der Waals surface area contributed by atoms with Gasteiger partial charge in [-0.25, -0.2) is 17.9 Å². The van der Waals surface area contributed by atoms with Crippen LogP contribution < -0.4 is 15.2 Å². The van der Waals surface area contributed by atoms with Crippen LogP contribution in [0.2, 0.25) is 0 Å². The number of primary sulfonamides is 1. The van der Waals surface area contributed by atoms with Gasteiger partial charge in [0.2, 0.25) is 10.0 Å². The second kappa shape index (κ2) is 5.37. The van der Waals surface area contributed by atoms with Gasteiger partial charge in [-0.3, -0.25) is 4.79 Å². The molecule has 8 heteroatoms. The number of hydrogen-bond acceptors (Lipinski definition) is 4. The van der Waals surface area contributed by atoms with E-state index in [0.717, 1.165) is 31.0 Å². The number of carbonyl (C=O) groups excluding carboxylic acids is 1. The van der Waals surface area contributed by atoms with Crippen LogP contribution in [0.15, 0.2) is 23.1 Å². The van der Waals surface area contributed by atoms with Gasteiger partial charge in [0, 0.05) is 6.04 Å². The largest absolute Gasteiger partial charge is 0.479 e. The van der Waals surface area contributed by atoms with E-state index in [1.165, 1.54) is 6.92 Å². The Balaban J connectivity index is 2.17. The SMILES string of the molecule is CC(Oc1ccc(F)cc1S(N)(=O)=O)C(=O)NC1CC1. The van der Waals surface area contributed by atoms with Gasteiger partial charge in [0.25, 0.3) is 5.91 Å². The van der Waals surface area contributed by atoms with E-state index in [0.29, 0.717) is 0 Å². The molecular formula is C12H15FN2O4S. The zero-order valence-electron chi connectivity index (χ0n) is 10.8. The van der Waals surface area contributed by atoms with E-state index in [9.17, 15) is 17.6 Å². The summed E-state index contributed by atoms with van der Waals surface area (Å²) in [6, 6.07) is 3.10. The Bertz CT molecular complexity index is 628. The first kappa shape index (κ1) is 14.7. The molecule has 20 heavy (non-hydrogen) atoms. The molecule has 1 fully saturated rings. The van der Waals surface area contributed by atoms with E-state index >= 15 is 0 Å². The molecule has 0 radical (unpaired) electrons. The Morgan fingerprint density at radius 3 is 2.70 bits per heavy atom. The molecule has 1 atom stereocenters. The Labute approximate surface area is 116 Å². The van der Waals surface area contributed by atoms with Crippen molar-refractivity contribution in [2.24, 2.45) is 5.14 Å². The minimum absolute atomic E-state index is 0.146. The third kappa shape index (κ3) is 3.67. The number of amides is 1. The van der Waals surface area contributed by atoms with Crippen molar-refractivity contribution in [1.29, 1.82) is 0 Å². The molecular weight excluding hydrogens is 287 g/mol. The second-order valence-electron chi connectivity index (χ2n) is 4.68. The number of benzene rings is 1. The lowest BCUT2D eigenvalue weighted by molar-refractivity contribution is -0.127. The standard InChI is InChI=1S/C12H15FN2O4S/c1-7(12(16)15-9-3-4-9)19-10-5-2-8(13)6-11(10)20(14,17)18/h2,5-7,9H,3-4H2,1H3,(H,15,16)(H2,14,17,18). The van der Waals surface area contributed by atoms with Crippen LogP contribution in [0.1, 0.15) is 19.8 Å². The highest BCUT2D eigenvalue weighted by atomic mass is 32.2. The molecule has 0 saturated heterocycles. The fourth-order valence-corrected chi connectivity index (χ4v) is 2.27. The van der Waals surface area contributed by atoms with Crippen molar-refractivity contribution in [2.75, 3.05) is 0 Å². The molecule has 0 aliphatic heterocycles. The molecule has 1 aromatic rings. The lowest BCUT2D eigenvalue weighted by atomic mass is 10.3. The average molecular weight is 302 g/mol. The van der Waals surface area contributed by atoms with Crippen molar-refractivity contribution >= 4 is 15.9 Å². The molecule has 1 amide bonds. The number of ether oxygens (including phenoxy) is 1. The van der Waals surface area contributed by atoms with E-state index in [1.54, 1.807) is 0 Å². The summed E-state index contributed by atoms with van der Waals surface area (Å²) < 4.78 is 41.1. The van der Waals surface area contributed by atoms with Gasteiger partial charge in [-0.15, -0.1) is 0 Å². The fourth-order valence-electron chi connectivity index (χ4n) is 1.59. The molecule has 1 unspecified atom stereocenters. The molecule has 6 nitrogen and oxygen atoms in total. The lowest BCUT2D eigenvalue weighted by Gasteiger charge is -2.16. The Hall–Kier alpha value is -1.67. The summed E-state index contributed by atoms with van der Waals surface area (Å²) in [5.74, 6) is -1.25. The first-order valence-electron chi connectivity index (χ1n) is 6.07. The van der Waals surface area contributed by atoms with Crippen LogP contribution in [0.4, 0.5) is 4.39 Å². The van der Waals surface area contributed by atoms with Crippen LogP contribution in [0.25, 0.3) is 0 Å². The van der Waals surface area contributed by atoms with E-state index in [-0.39, 0.29) is 17.7 Å². The summed E-state index contributed by atoms with van der Waals surface area (Å²) in [7, 11) is -4.13. The zero-order chi connectivity index (χ0) is 14.9. The predicted molar refractivity (Wildman–Crippen MR) is 69.0 cm³/mol. The van der Waals surface area contributed by atoms with Crippen LogP contribution >= 0.6 is 0 Å². The van der Waals surface area contributed by atoms with Crippen molar-refractivity contribution in [3.05, 3.63) is 24.0 Å². The number of halogens is 1. The van der Waals surface area contributed by atoms with Gasteiger partial charge in [0.1, 0.15) is 16.5 Å². The molecule has 2 rings (SSSR count). The number of sulfonamides is 1. The average Bonchev–Trinajstić information content (AvgIpc) is 3.13. The van der Waals surface area contributed by atoms with Crippen molar-refractivity contribution in [3.63, 3.8) is 0 Å². The van der Waals surface area contributed by atoms with Gasteiger partial charge in [-0.2, -0.15) is 0 Å². The fraction of sp³-hybridized carbons (Fsp3) is 0.417. The summed E-state index contributed by atoms with van der Waals surface area (Å²) in [6.45, 7) is 1.48. The smallest absolute Gasteiger partial charge is 0.260 e. The monoisotopic (exact) mass is 302 g/mol. The Morgan fingerprint density at radius 1 is 1.50 bits per heavy atom. The maximum atomic E-state index is 13.1. The number of hydrogen-bond donors (Lipinski definition) is 2. The van der Waals surface area contributed by atoms with Crippen molar-refractivity contribution in [1.82, 2.24) is 5.32 Å². The minimum atomic E-state index is -4.13. The molecule has 110 valence electrons. The maximum absolute atomic E-state index is 13.1. The lowest BCUT2D eigenvalue weighted by Crippen LogP contribution is -2.37. The molecule has 0 aromatic heterocycles. The van der Waals surface area contributed by atoms with Gasteiger partial charge < -0.3 is 10.1 Å². The minimum Gasteiger partial charge on any atom is -0.479 e. The normalized spacial score (nSPS) is 16.6. The van der Waals surface area contributed by atoms with Gasteiger partial charge >= 0.3 is 0 Å². The van der Waals surface area contributed by atoms with Crippen LogP contribution in [0, 0.1) is 5.82 Å². The molecule has 1 saturated carbocycles. The van der Waals surface area contributed by atoms with Gasteiger partial charge in [-0.05, 0) is 38.0 Å². The van der Waals surface area contributed by atoms with E-state index in [4.69, 9.17) is 9.88 Å². The molecule has 3 N–H and O–H groups in total. The quantitative estimate of drug-likeness (QED) is 0.828. The molecule has 1 aromatic carbocycles. The number of nitrogens with two attached hydrogens (primary N) is 1. The summed E-state index contributed by atoms with van der Waals surface area (Å²) in [4.78, 5) is 11.3. The highest BCUT2D eigenvalue weighted by Crippen LogP contribution is 2.25. The van der Waals surface area contributed by atoms with E-state index in [2.05, 4.69) is 5.32 Å².